The number of likely N-dealkylation sites (N-methyl/N-ethyl adjacent to an activating group) is 1. The zero-order valence-corrected chi connectivity index (χ0v) is 12.6. The molecule has 0 aliphatic heterocycles. The van der Waals surface area contributed by atoms with Gasteiger partial charge < -0.3 is 10.6 Å². The van der Waals surface area contributed by atoms with Crippen LogP contribution in [0.2, 0.25) is 0 Å². The van der Waals surface area contributed by atoms with E-state index in [1.54, 1.807) is 31.3 Å². The molecule has 2 aromatic carbocycles. The molecule has 4 heteroatoms. The summed E-state index contributed by atoms with van der Waals surface area (Å²) in [5.74, 6) is -0.262. The van der Waals surface area contributed by atoms with Gasteiger partial charge in [-0.1, -0.05) is 48.5 Å². The van der Waals surface area contributed by atoms with E-state index in [2.05, 4.69) is 10.6 Å². The average molecular weight is 296 g/mol. The molecule has 0 heterocycles. The Balaban J connectivity index is 2.11. The number of carbonyl (C=O) groups is 2. The van der Waals surface area contributed by atoms with E-state index in [-0.39, 0.29) is 18.2 Å². The van der Waals surface area contributed by atoms with Gasteiger partial charge in [0.2, 0.25) is 0 Å². The number of benzene rings is 2. The van der Waals surface area contributed by atoms with Crippen LogP contribution >= 0.6 is 0 Å². The zero-order chi connectivity index (χ0) is 15.8. The summed E-state index contributed by atoms with van der Waals surface area (Å²) < 4.78 is 0. The van der Waals surface area contributed by atoms with Gasteiger partial charge in [0, 0.05) is 5.56 Å². The van der Waals surface area contributed by atoms with Gasteiger partial charge in [-0.3, -0.25) is 9.59 Å². The van der Waals surface area contributed by atoms with Gasteiger partial charge in [0.25, 0.3) is 5.91 Å². The first-order valence-corrected chi connectivity index (χ1v) is 7.28. The Bertz CT molecular complexity index is 611. The van der Waals surface area contributed by atoms with Gasteiger partial charge in [0.15, 0.2) is 5.78 Å². The van der Waals surface area contributed by atoms with E-state index in [1.165, 1.54) is 0 Å². The van der Waals surface area contributed by atoms with Crippen LogP contribution in [-0.2, 0) is 11.2 Å². The van der Waals surface area contributed by atoms with E-state index in [4.69, 9.17) is 0 Å². The highest BCUT2D eigenvalue weighted by Gasteiger charge is 2.21. The molecule has 0 bridgehead atoms. The van der Waals surface area contributed by atoms with Gasteiger partial charge in [-0.25, -0.2) is 0 Å². The molecule has 2 N–H and O–H groups in total. The number of amides is 1. The molecule has 2 rings (SSSR count). The maximum Gasteiger partial charge on any atom is 0.251 e. The molecule has 0 aromatic heterocycles. The minimum atomic E-state index is -0.539. The van der Waals surface area contributed by atoms with Crippen molar-refractivity contribution in [1.82, 2.24) is 10.6 Å². The van der Waals surface area contributed by atoms with Crippen LogP contribution < -0.4 is 10.6 Å². The van der Waals surface area contributed by atoms with Gasteiger partial charge >= 0.3 is 0 Å². The summed E-state index contributed by atoms with van der Waals surface area (Å²) in [5.41, 5.74) is 1.57. The smallest absolute Gasteiger partial charge is 0.251 e. The standard InChI is InChI=1S/C18H20N2O2/c1-19-13-17(21)16(12-14-8-4-2-5-9-14)20-18(22)15-10-6-3-7-11-15/h2-11,16,19H,12-13H2,1H3,(H,20,22)/t16-/m0/s1. The number of hydrogen-bond acceptors (Lipinski definition) is 3. The van der Waals surface area contributed by atoms with Gasteiger partial charge in [-0.15, -0.1) is 0 Å². The predicted molar refractivity (Wildman–Crippen MR) is 86.8 cm³/mol. The molecular formula is C18H20N2O2. The van der Waals surface area contributed by atoms with E-state index < -0.39 is 6.04 Å². The van der Waals surface area contributed by atoms with E-state index in [0.717, 1.165) is 5.56 Å². The molecule has 1 atom stereocenters. The summed E-state index contributed by atoms with van der Waals surface area (Å²) in [5, 5.41) is 5.68. The SMILES string of the molecule is CNCC(=O)[C@H](Cc1ccccc1)NC(=O)c1ccccc1. The Morgan fingerprint density at radius 2 is 1.55 bits per heavy atom. The fraction of sp³-hybridized carbons (Fsp3) is 0.222. The molecule has 0 unspecified atom stereocenters. The van der Waals surface area contributed by atoms with Crippen molar-refractivity contribution in [3.05, 3.63) is 71.8 Å². The normalized spacial score (nSPS) is 11.7. The fourth-order valence-corrected chi connectivity index (χ4v) is 2.22. The van der Waals surface area contributed by atoms with Crippen molar-refractivity contribution < 1.29 is 9.59 Å². The van der Waals surface area contributed by atoms with Gasteiger partial charge in [-0.2, -0.15) is 0 Å². The molecule has 0 saturated heterocycles. The number of nitrogens with one attached hydrogen (secondary N) is 2. The maximum absolute atomic E-state index is 12.3. The van der Waals surface area contributed by atoms with Crippen LogP contribution in [0.1, 0.15) is 15.9 Å². The number of Topliss-reactive ketones (excluding diaryl/α,β-unsaturated/α-hetero) is 1. The third kappa shape index (κ3) is 4.53. The molecule has 114 valence electrons. The van der Waals surface area contributed by atoms with Crippen molar-refractivity contribution in [3.8, 4) is 0 Å². The van der Waals surface area contributed by atoms with Gasteiger partial charge in [0.05, 0.1) is 12.6 Å². The van der Waals surface area contributed by atoms with Crippen LogP contribution in [0.4, 0.5) is 0 Å². The molecule has 0 saturated carbocycles. The molecule has 1 amide bonds. The van der Waals surface area contributed by atoms with Gasteiger partial charge in [0.1, 0.15) is 0 Å². The van der Waals surface area contributed by atoms with Crippen molar-refractivity contribution in [2.75, 3.05) is 13.6 Å². The molecule has 0 aliphatic rings. The van der Waals surface area contributed by atoms with Crippen LogP contribution in [0, 0.1) is 0 Å². The minimum Gasteiger partial charge on any atom is -0.342 e. The summed E-state index contributed by atoms with van der Waals surface area (Å²) in [6.07, 6.45) is 0.486. The van der Waals surface area contributed by atoms with Crippen LogP contribution in [0.25, 0.3) is 0 Å². The third-order valence-electron chi connectivity index (χ3n) is 3.36. The van der Waals surface area contributed by atoms with Crippen molar-refractivity contribution in [2.45, 2.75) is 12.5 Å². The second-order valence-corrected chi connectivity index (χ2v) is 5.08. The molecule has 0 spiro atoms. The lowest BCUT2D eigenvalue weighted by atomic mass is 10.0. The highest BCUT2D eigenvalue weighted by Crippen LogP contribution is 2.06. The number of ketones is 1. The molecule has 2 aromatic rings. The van der Waals surface area contributed by atoms with Crippen molar-refractivity contribution in [2.24, 2.45) is 0 Å². The summed E-state index contributed by atoms with van der Waals surface area (Å²) >= 11 is 0. The molecule has 0 radical (unpaired) electrons. The topological polar surface area (TPSA) is 58.2 Å². The molecule has 0 aliphatic carbocycles. The third-order valence-corrected chi connectivity index (χ3v) is 3.36. The minimum absolute atomic E-state index is 0.0318. The highest BCUT2D eigenvalue weighted by atomic mass is 16.2. The van der Waals surface area contributed by atoms with Crippen molar-refractivity contribution in [1.29, 1.82) is 0 Å². The maximum atomic E-state index is 12.3. The lowest BCUT2D eigenvalue weighted by molar-refractivity contribution is -0.119. The Labute approximate surface area is 130 Å². The zero-order valence-electron chi connectivity index (χ0n) is 12.6. The lowest BCUT2D eigenvalue weighted by Gasteiger charge is -2.18. The van der Waals surface area contributed by atoms with E-state index in [0.29, 0.717) is 12.0 Å². The van der Waals surface area contributed by atoms with Crippen LogP contribution in [0.3, 0.4) is 0 Å². The molecule has 4 nitrogen and oxygen atoms in total. The Morgan fingerprint density at radius 3 is 2.14 bits per heavy atom. The lowest BCUT2D eigenvalue weighted by Crippen LogP contribution is -2.45. The molecular weight excluding hydrogens is 276 g/mol. The van der Waals surface area contributed by atoms with E-state index in [9.17, 15) is 9.59 Å². The summed E-state index contributed by atoms with van der Waals surface area (Å²) in [7, 11) is 1.72. The Hall–Kier alpha value is -2.46. The van der Waals surface area contributed by atoms with E-state index >= 15 is 0 Å². The first-order chi connectivity index (χ1) is 10.7. The first-order valence-electron chi connectivity index (χ1n) is 7.28. The predicted octanol–water partition coefficient (Wildman–Crippen LogP) is 1.82. The second kappa shape index (κ2) is 8.10. The van der Waals surface area contributed by atoms with E-state index in [1.807, 2.05) is 36.4 Å². The summed E-state index contributed by atoms with van der Waals surface area (Å²) in [4.78, 5) is 24.5. The van der Waals surface area contributed by atoms with Gasteiger partial charge in [-0.05, 0) is 31.2 Å². The van der Waals surface area contributed by atoms with Crippen LogP contribution in [-0.4, -0.2) is 31.3 Å². The largest absolute Gasteiger partial charge is 0.342 e. The number of carbonyl (C=O) groups excluding carboxylic acids is 2. The fourth-order valence-electron chi connectivity index (χ4n) is 2.22. The Morgan fingerprint density at radius 1 is 0.955 bits per heavy atom. The quantitative estimate of drug-likeness (QED) is 0.819. The first kappa shape index (κ1) is 15.9. The average Bonchev–Trinajstić information content (AvgIpc) is 2.56. The second-order valence-electron chi connectivity index (χ2n) is 5.08. The number of hydrogen-bond donors (Lipinski definition) is 2. The highest BCUT2D eigenvalue weighted by molar-refractivity contribution is 5.98. The number of rotatable bonds is 7. The Kier molecular flexibility index (Phi) is 5.86. The summed E-state index contributed by atoms with van der Waals surface area (Å²) in [6, 6.07) is 18.1. The van der Waals surface area contributed by atoms with Crippen molar-refractivity contribution >= 4 is 11.7 Å². The van der Waals surface area contributed by atoms with Crippen LogP contribution in [0.15, 0.2) is 60.7 Å². The summed E-state index contributed by atoms with van der Waals surface area (Å²) in [6.45, 7) is 0.229. The monoisotopic (exact) mass is 296 g/mol. The molecule has 22 heavy (non-hydrogen) atoms. The van der Waals surface area contributed by atoms with Crippen LogP contribution in [0.5, 0.6) is 0 Å². The van der Waals surface area contributed by atoms with Crippen molar-refractivity contribution in [3.63, 3.8) is 0 Å². The molecule has 0 fully saturated rings.